The van der Waals surface area contributed by atoms with Gasteiger partial charge in [-0.3, -0.25) is 10.1 Å². The summed E-state index contributed by atoms with van der Waals surface area (Å²) >= 11 is 1.01. The van der Waals surface area contributed by atoms with Crippen molar-refractivity contribution in [1.82, 2.24) is 9.97 Å². The van der Waals surface area contributed by atoms with Gasteiger partial charge in [0.15, 0.2) is 5.13 Å². The molecule has 0 aliphatic rings. The number of anilines is 1. The molecule has 26 heavy (non-hydrogen) atoms. The van der Waals surface area contributed by atoms with Gasteiger partial charge >= 0.3 is 6.18 Å². The molecule has 0 radical (unpaired) electrons. The first kappa shape index (κ1) is 18.0. The van der Waals surface area contributed by atoms with E-state index in [0.29, 0.717) is 16.1 Å². The summed E-state index contributed by atoms with van der Waals surface area (Å²) in [5.74, 6) is -1.66. The van der Waals surface area contributed by atoms with Gasteiger partial charge in [-0.1, -0.05) is 23.5 Å². The molecule has 0 atom stereocenters. The number of carbonyl (C=O) groups excluding carboxylic acids is 1. The van der Waals surface area contributed by atoms with E-state index in [-0.39, 0.29) is 10.7 Å². The fourth-order valence-corrected chi connectivity index (χ4v) is 3.23. The van der Waals surface area contributed by atoms with Crippen molar-refractivity contribution in [2.75, 3.05) is 5.32 Å². The molecule has 3 rings (SSSR count). The highest BCUT2D eigenvalue weighted by molar-refractivity contribution is 7.19. The second-order valence-electron chi connectivity index (χ2n) is 5.31. The fourth-order valence-electron chi connectivity index (χ4n) is 2.27. The van der Waals surface area contributed by atoms with E-state index in [1.165, 1.54) is 30.5 Å². The van der Waals surface area contributed by atoms with E-state index in [4.69, 9.17) is 0 Å². The molecule has 0 unspecified atom stereocenters. The molecule has 0 saturated heterocycles. The van der Waals surface area contributed by atoms with Gasteiger partial charge in [0.25, 0.3) is 5.91 Å². The first-order chi connectivity index (χ1) is 12.3. The summed E-state index contributed by atoms with van der Waals surface area (Å²) in [5, 5.41) is 2.60. The molecule has 1 amide bonds. The lowest BCUT2D eigenvalue weighted by atomic mass is 10.1. The van der Waals surface area contributed by atoms with Crippen molar-refractivity contribution in [3.63, 3.8) is 0 Å². The molecule has 134 valence electrons. The number of benzene rings is 1. The minimum Gasteiger partial charge on any atom is -0.298 e. The lowest BCUT2D eigenvalue weighted by Crippen LogP contribution is -2.14. The summed E-state index contributed by atoms with van der Waals surface area (Å²) < 4.78 is 52.2. The summed E-state index contributed by atoms with van der Waals surface area (Å²) in [6.45, 7) is 1.62. The van der Waals surface area contributed by atoms with Crippen molar-refractivity contribution in [1.29, 1.82) is 0 Å². The zero-order valence-electron chi connectivity index (χ0n) is 13.3. The molecule has 4 nitrogen and oxygen atoms in total. The molecule has 1 aromatic carbocycles. The number of thiazole rings is 1. The van der Waals surface area contributed by atoms with Gasteiger partial charge in [-0.25, -0.2) is 9.97 Å². The van der Waals surface area contributed by atoms with Gasteiger partial charge in [-0.2, -0.15) is 17.6 Å². The lowest BCUT2D eigenvalue weighted by Gasteiger charge is -2.07. The zero-order chi connectivity index (χ0) is 18.9. The van der Waals surface area contributed by atoms with Crippen LogP contribution in [0.1, 0.15) is 21.6 Å². The molecule has 1 N–H and O–H groups in total. The second-order valence-corrected chi connectivity index (χ2v) is 6.31. The maximum absolute atomic E-state index is 13.6. The molecule has 0 fully saturated rings. The number of aryl methyl sites for hydroxylation is 1. The van der Waals surface area contributed by atoms with Crippen LogP contribution < -0.4 is 5.32 Å². The van der Waals surface area contributed by atoms with Crippen molar-refractivity contribution in [2.45, 2.75) is 13.1 Å². The Morgan fingerprint density at radius 3 is 2.65 bits per heavy atom. The third kappa shape index (κ3) is 3.72. The van der Waals surface area contributed by atoms with E-state index in [2.05, 4.69) is 15.3 Å². The molecule has 0 bridgehead atoms. The van der Waals surface area contributed by atoms with Crippen LogP contribution in [-0.4, -0.2) is 15.9 Å². The van der Waals surface area contributed by atoms with Crippen LogP contribution in [0, 0.1) is 12.9 Å². The number of halogens is 4. The summed E-state index contributed by atoms with van der Waals surface area (Å²) in [6.07, 6.45) is -3.24. The lowest BCUT2D eigenvalue weighted by molar-refractivity contribution is -0.137. The highest BCUT2D eigenvalue weighted by Crippen LogP contribution is 2.36. The van der Waals surface area contributed by atoms with Gasteiger partial charge in [0.1, 0.15) is 0 Å². The average Bonchev–Trinajstić information content (AvgIpc) is 2.95. The minimum absolute atomic E-state index is 0.156. The van der Waals surface area contributed by atoms with E-state index in [0.717, 1.165) is 23.5 Å². The van der Waals surface area contributed by atoms with E-state index < -0.39 is 23.6 Å². The largest absolute Gasteiger partial charge is 0.416 e. The molecule has 9 heteroatoms. The molecular formula is C17H11F4N3OS. The maximum Gasteiger partial charge on any atom is 0.416 e. The number of pyridine rings is 1. The number of nitrogens with zero attached hydrogens (tertiary/aromatic N) is 2. The Morgan fingerprint density at radius 1 is 1.19 bits per heavy atom. The first-order valence-corrected chi connectivity index (χ1v) is 8.14. The predicted octanol–water partition coefficient (Wildman–Crippen LogP) is 4.92. The van der Waals surface area contributed by atoms with Gasteiger partial charge in [0.05, 0.1) is 21.7 Å². The van der Waals surface area contributed by atoms with Crippen LogP contribution in [0.3, 0.4) is 0 Å². The third-order valence-corrected chi connectivity index (χ3v) is 4.59. The number of alkyl halides is 3. The highest BCUT2D eigenvalue weighted by Gasteiger charge is 2.30. The van der Waals surface area contributed by atoms with Gasteiger partial charge in [-0.15, -0.1) is 0 Å². The Kier molecular flexibility index (Phi) is 4.73. The number of amides is 1. The van der Waals surface area contributed by atoms with Crippen LogP contribution in [0.25, 0.3) is 10.4 Å². The molecule has 2 aromatic heterocycles. The van der Waals surface area contributed by atoms with Crippen molar-refractivity contribution >= 4 is 22.4 Å². The number of rotatable bonds is 3. The van der Waals surface area contributed by atoms with Crippen molar-refractivity contribution in [2.24, 2.45) is 0 Å². The minimum atomic E-state index is -4.45. The number of aromatic nitrogens is 2. The average molecular weight is 381 g/mol. The van der Waals surface area contributed by atoms with Crippen LogP contribution in [-0.2, 0) is 6.18 Å². The number of nitrogens with one attached hydrogen (secondary N) is 1. The molecular weight excluding hydrogens is 370 g/mol. The Balaban J connectivity index is 1.88. The smallest absolute Gasteiger partial charge is 0.298 e. The SMILES string of the molecule is Cc1nc(NC(=O)c2cccnc2F)sc1-c1cccc(C(F)(F)F)c1. The molecule has 2 heterocycles. The number of carbonyl (C=O) groups is 1. The second kappa shape index (κ2) is 6.83. The van der Waals surface area contributed by atoms with Crippen LogP contribution in [0.15, 0.2) is 42.6 Å². The first-order valence-electron chi connectivity index (χ1n) is 7.32. The van der Waals surface area contributed by atoms with Gasteiger partial charge in [0, 0.05) is 6.20 Å². The van der Waals surface area contributed by atoms with Crippen molar-refractivity contribution in [3.8, 4) is 10.4 Å². The molecule has 0 saturated carbocycles. The monoisotopic (exact) mass is 381 g/mol. The van der Waals surface area contributed by atoms with E-state index >= 15 is 0 Å². The fraction of sp³-hybridized carbons (Fsp3) is 0.118. The predicted molar refractivity (Wildman–Crippen MR) is 89.4 cm³/mol. The van der Waals surface area contributed by atoms with Gasteiger partial charge in [0.2, 0.25) is 5.95 Å². The van der Waals surface area contributed by atoms with Crippen LogP contribution in [0.5, 0.6) is 0 Å². The topological polar surface area (TPSA) is 54.9 Å². The molecule has 0 aliphatic carbocycles. The standard InChI is InChI=1S/C17H11F4N3OS/c1-9-13(10-4-2-5-11(8-10)17(19,20)21)26-16(23-9)24-15(25)12-6-3-7-22-14(12)18/h2-8H,1H3,(H,23,24,25). The Labute approximate surface area is 149 Å². The normalized spacial score (nSPS) is 11.4. The summed E-state index contributed by atoms with van der Waals surface area (Å²) in [6, 6.07) is 7.52. The Bertz CT molecular complexity index is 969. The molecule has 3 aromatic rings. The summed E-state index contributed by atoms with van der Waals surface area (Å²) in [4.78, 5) is 20.1. The quantitative estimate of drug-likeness (QED) is 0.517. The Morgan fingerprint density at radius 2 is 1.96 bits per heavy atom. The maximum atomic E-state index is 13.6. The van der Waals surface area contributed by atoms with E-state index in [9.17, 15) is 22.4 Å². The van der Waals surface area contributed by atoms with Crippen LogP contribution in [0.4, 0.5) is 22.7 Å². The Hall–Kier alpha value is -2.81. The summed E-state index contributed by atoms with van der Waals surface area (Å²) in [5.41, 5.74) is -0.231. The van der Waals surface area contributed by atoms with Crippen LogP contribution >= 0.6 is 11.3 Å². The number of hydrogen-bond donors (Lipinski definition) is 1. The van der Waals surface area contributed by atoms with Crippen LogP contribution in [0.2, 0.25) is 0 Å². The van der Waals surface area contributed by atoms with Gasteiger partial charge < -0.3 is 0 Å². The molecule has 0 aliphatic heterocycles. The zero-order valence-corrected chi connectivity index (χ0v) is 14.1. The number of hydrogen-bond acceptors (Lipinski definition) is 4. The van der Waals surface area contributed by atoms with Crippen molar-refractivity contribution in [3.05, 3.63) is 65.4 Å². The molecule has 0 spiro atoms. The van der Waals surface area contributed by atoms with E-state index in [1.807, 2.05) is 0 Å². The summed E-state index contributed by atoms with van der Waals surface area (Å²) in [7, 11) is 0. The third-order valence-electron chi connectivity index (χ3n) is 3.47. The van der Waals surface area contributed by atoms with E-state index in [1.54, 1.807) is 6.92 Å². The van der Waals surface area contributed by atoms with Gasteiger partial charge in [-0.05, 0) is 36.8 Å². The highest BCUT2D eigenvalue weighted by atomic mass is 32.1. The van der Waals surface area contributed by atoms with Crippen molar-refractivity contribution < 1.29 is 22.4 Å².